The fourth-order valence-corrected chi connectivity index (χ4v) is 3.75. The molecule has 1 aliphatic heterocycles. The number of aromatic nitrogens is 4. The Kier molecular flexibility index (Phi) is 4.85. The van der Waals surface area contributed by atoms with Gasteiger partial charge >= 0.3 is 0 Å². The average molecular weight is 381 g/mol. The third kappa shape index (κ3) is 3.42. The summed E-state index contributed by atoms with van der Waals surface area (Å²) in [5, 5.41) is 4.76. The standard InChI is InChI=1S/C20H20FN5S/c1-2-10-25-19(16-5-3-9-22-13-16)23-26(20(25)27)14-24-11-4-6-15-12-17(21)7-8-18(15)24/h2-3,5,7-9,12-13H,1,4,6,10-11,14H2. The van der Waals surface area contributed by atoms with Gasteiger partial charge in [-0.15, -0.1) is 11.7 Å². The lowest BCUT2D eigenvalue weighted by Crippen LogP contribution is -2.32. The first-order chi connectivity index (χ1) is 13.2. The first kappa shape index (κ1) is 17.6. The van der Waals surface area contributed by atoms with Crippen molar-refractivity contribution >= 4 is 17.9 Å². The minimum atomic E-state index is -0.193. The van der Waals surface area contributed by atoms with E-state index in [2.05, 4.69) is 16.5 Å². The summed E-state index contributed by atoms with van der Waals surface area (Å²) in [7, 11) is 0. The van der Waals surface area contributed by atoms with Gasteiger partial charge in [-0.1, -0.05) is 6.08 Å². The Hall–Kier alpha value is -2.80. The molecule has 3 aromatic rings. The molecule has 0 saturated heterocycles. The first-order valence-corrected chi connectivity index (χ1v) is 9.30. The maximum Gasteiger partial charge on any atom is 0.200 e. The van der Waals surface area contributed by atoms with Crippen molar-refractivity contribution in [3.63, 3.8) is 0 Å². The largest absolute Gasteiger partial charge is 0.352 e. The summed E-state index contributed by atoms with van der Waals surface area (Å²) in [6.45, 7) is 5.81. The molecule has 5 nitrogen and oxygen atoms in total. The monoisotopic (exact) mass is 381 g/mol. The van der Waals surface area contributed by atoms with Crippen LogP contribution in [-0.2, 0) is 19.6 Å². The summed E-state index contributed by atoms with van der Waals surface area (Å²) in [6, 6.07) is 8.82. The van der Waals surface area contributed by atoms with Crippen LogP contribution in [0.2, 0.25) is 0 Å². The number of anilines is 1. The van der Waals surface area contributed by atoms with E-state index in [4.69, 9.17) is 17.3 Å². The lowest BCUT2D eigenvalue weighted by molar-refractivity contribution is 0.540. The Labute approximate surface area is 162 Å². The smallest absolute Gasteiger partial charge is 0.200 e. The predicted octanol–water partition coefficient (Wildman–Crippen LogP) is 4.21. The van der Waals surface area contributed by atoms with Crippen molar-refractivity contribution in [1.29, 1.82) is 0 Å². The second-order valence-electron chi connectivity index (χ2n) is 6.53. The predicted molar refractivity (Wildman–Crippen MR) is 107 cm³/mol. The number of hydrogen-bond donors (Lipinski definition) is 0. The number of benzene rings is 1. The van der Waals surface area contributed by atoms with E-state index in [-0.39, 0.29) is 5.82 Å². The normalized spacial score (nSPS) is 13.4. The lowest BCUT2D eigenvalue weighted by Gasteiger charge is -2.31. The molecule has 0 aliphatic carbocycles. The number of aryl methyl sites for hydroxylation is 1. The van der Waals surface area contributed by atoms with Gasteiger partial charge in [-0.2, -0.15) is 0 Å². The third-order valence-corrected chi connectivity index (χ3v) is 5.15. The summed E-state index contributed by atoms with van der Waals surface area (Å²) in [4.78, 5) is 6.39. The van der Waals surface area contributed by atoms with E-state index in [0.29, 0.717) is 18.0 Å². The van der Waals surface area contributed by atoms with Gasteiger partial charge in [0.15, 0.2) is 10.6 Å². The molecule has 0 radical (unpaired) electrons. The molecule has 27 heavy (non-hydrogen) atoms. The summed E-state index contributed by atoms with van der Waals surface area (Å²) in [5.41, 5.74) is 2.99. The summed E-state index contributed by atoms with van der Waals surface area (Å²) in [6.07, 6.45) is 7.19. The van der Waals surface area contributed by atoms with Crippen LogP contribution in [0.4, 0.5) is 10.1 Å². The molecule has 138 valence electrons. The topological polar surface area (TPSA) is 38.9 Å². The van der Waals surface area contributed by atoms with Crippen molar-refractivity contribution in [1.82, 2.24) is 19.3 Å². The van der Waals surface area contributed by atoms with Gasteiger partial charge in [0.05, 0.1) is 0 Å². The Morgan fingerprint density at radius 1 is 1.30 bits per heavy atom. The molecule has 7 heteroatoms. The van der Waals surface area contributed by atoms with Crippen molar-refractivity contribution in [2.24, 2.45) is 0 Å². The van der Waals surface area contributed by atoms with E-state index >= 15 is 0 Å². The van der Waals surface area contributed by atoms with E-state index in [1.165, 1.54) is 6.07 Å². The van der Waals surface area contributed by atoms with Crippen LogP contribution in [0, 0.1) is 10.6 Å². The van der Waals surface area contributed by atoms with Crippen molar-refractivity contribution in [3.8, 4) is 11.4 Å². The van der Waals surface area contributed by atoms with Crippen LogP contribution in [0.5, 0.6) is 0 Å². The van der Waals surface area contributed by atoms with Gasteiger partial charge in [0, 0.05) is 36.7 Å². The minimum absolute atomic E-state index is 0.193. The molecule has 0 bridgehead atoms. The molecule has 1 aromatic carbocycles. The van der Waals surface area contributed by atoms with Gasteiger partial charge in [0.25, 0.3) is 0 Å². The molecule has 0 saturated carbocycles. The van der Waals surface area contributed by atoms with Crippen molar-refractivity contribution < 1.29 is 4.39 Å². The van der Waals surface area contributed by atoms with Crippen LogP contribution >= 0.6 is 12.2 Å². The second kappa shape index (κ2) is 7.44. The number of pyridine rings is 1. The molecule has 4 rings (SSSR count). The summed E-state index contributed by atoms with van der Waals surface area (Å²) < 4.78 is 18.0. The average Bonchev–Trinajstić information content (AvgIpc) is 2.99. The van der Waals surface area contributed by atoms with E-state index in [0.717, 1.165) is 42.0 Å². The van der Waals surface area contributed by atoms with Crippen LogP contribution in [0.25, 0.3) is 11.4 Å². The Bertz CT molecular complexity index is 1020. The molecule has 0 spiro atoms. The van der Waals surface area contributed by atoms with Crippen LogP contribution in [-0.4, -0.2) is 25.9 Å². The number of halogens is 1. The number of rotatable bonds is 5. The highest BCUT2D eigenvalue weighted by molar-refractivity contribution is 7.71. The van der Waals surface area contributed by atoms with Crippen LogP contribution in [0.15, 0.2) is 55.4 Å². The molecule has 0 N–H and O–H groups in total. The molecule has 0 unspecified atom stereocenters. The van der Waals surface area contributed by atoms with Crippen molar-refractivity contribution in [3.05, 3.63) is 71.5 Å². The van der Waals surface area contributed by atoms with Gasteiger partial charge in [-0.05, 0) is 61.0 Å². The van der Waals surface area contributed by atoms with Gasteiger partial charge in [0.1, 0.15) is 12.5 Å². The SMILES string of the molecule is C=CCn1c(-c2cccnc2)nn(CN2CCCc3cc(F)ccc32)c1=S. The zero-order valence-corrected chi connectivity index (χ0v) is 15.7. The minimum Gasteiger partial charge on any atom is -0.352 e. The lowest BCUT2D eigenvalue weighted by atomic mass is 10.0. The fourth-order valence-electron chi connectivity index (χ4n) is 3.49. The first-order valence-electron chi connectivity index (χ1n) is 8.89. The molecule has 0 amide bonds. The third-order valence-electron chi connectivity index (χ3n) is 4.72. The van der Waals surface area contributed by atoms with Crippen LogP contribution in [0.1, 0.15) is 12.0 Å². The van der Waals surface area contributed by atoms with Crippen molar-refractivity contribution in [2.75, 3.05) is 11.4 Å². The summed E-state index contributed by atoms with van der Waals surface area (Å²) >= 11 is 5.67. The number of fused-ring (bicyclic) bond motifs is 1. The van der Waals surface area contributed by atoms with Crippen LogP contribution < -0.4 is 4.90 Å². The zero-order chi connectivity index (χ0) is 18.8. The van der Waals surface area contributed by atoms with E-state index in [1.54, 1.807) is 24.5 Å². The quantitative estimate of drug-likeness (QED) is 0.490. The number of hydrogen-bond acceptors (Lipinski definition) is 4. The highest BCUT2D eigenvalue weighted by atomic mass is 32.1. The molecule has 1 aliphatic rings. The number of allylic oxidation sites excluding steroid dienone is 1. The molecule has 0 fully saturated rings. The highest BCUT2D eigenvalue weighted by Crippen LogP contribution is 2.28. The van der Waals surface area contributed by atoms with Gasteiger partial charge in [-0.25, -0.2) is 9.07 Å². The van der Waals surface area contributed by atoms with Crippen LogP contribution in [0.3, 0.4) is 0 Å². The zero-order valence-electron chi connectivity index (χ0n) is 14.9. The molecule has 2 aromatic heterocycles. The highest BCUT2D eigenvalue weighted by Gasteiger charge is 2.20. The Morgan fingerprint density at radius 3 is 2.96 bits per heavy atom. The second-order valence-corrected chi connectivity index (χ2v) is 6.89. The van der Waals surface area contributed by atoms with E-state index < -0.39 is 0 Å². The molecule has 3 heterocycles. The molecule has 0 atom stereocenters. The maximum atomic E-state index is 13.6. The Morgan fingerprint density at radius 2 is 2.19 bits per heavy atom. The van der Waals surface area contributed by atoms with E-state index in [1.807, 2.05) is 27.4 Å². The maximum absolute atomic E-state index is 13.6. The molecular weight excluding hydrogens is 361 g/mol. The number of nitrogens with zero attached hydrogens (tertiary/aromatic N) is 5. The van der Waals surface area contributed by atoms with Gasteiger partial charge in [-0.3, -0.25) is 9.55 Å². The fraction of sp³-hybridized carbons (Fsp3) is 0.250. The summed E-state index contributed by atoms with van der Waals surface area (Å²) in [5.74, 6) is 0.575. The van der Waals surface area contributed by atoms with Gasteiger partial charge in [0.2, 0.25) is 0 Å². The van der Waals surface area contributed by atoms with Gasteiger partial charge < -0.3 is 4.90 Å². The van der Waals surface area contributed by atoms with E-state index in [9.17, 15) is 4.39 Å². The molecular formula is C20H20FN5S. The Balaban J connectivity index is 1.72. The van der Waals surface area contributed by atoms with Crippen molar-refractivity contribution in [2.45, 2.75) is 26.1 Å².